The number of hydrogen-bond acceptors (Lipinski definition) is 3. The Labute approximate surface area is 87.8 Å². The molecular weight excluding hydrogens is 192 g/mol. The first-order chi connectivity index (χ1) is 7.34. The SMILES string of the molecule is O=C(c1ccn[nH]1)N1C[C@H]2CNC[C@H]2C1. The van der Waals surface area contributed by atoms with Crippen LogP contribution in [0.1, 0.15) is 10.5 Å². The molecule has 3 rings (SSSR count). The number of nitrogens with zero attached hydrogens (tertiary/aromatic N) is 2. The lowest BCUT2D eigenvalue weighted by atomic mass is 10.0. The van der Waals surface area contributed by atoms with Crippen molar-refractivity contribution < 1.29 is 4.79 Å². The van der Waals surface area contributed by atoms with Crippen LogP contribution in [0.3, 0.4) is 0 Å². The van der Waals surface area contributed by atoms with Crippen molar-refractivity contribution in [3.8, 4) is 0 Å². The molecular formula is C10H14N4O. The predicted octanol–water partition coefficient (Wildman–Crippen LogP) is -0.299. The Balaban J connectivity index is 1.72. The Morgan fingerprint density at radius 1 is 1.40 bits per heavy atom. The molecule has 2 atom stereocenters. The van der Waals surface area contributed by atoms with Gasteiger partial charge >= 0.3 is 0 Å². The molecule has 0 unspecified atom stereocenters. The molecule has 1 aromatic heterocycles. The molecule has 15 heavy (non-hydrogen) atoms. The summed E-state index contributed by atoms with van der Waals surface area (Å²) in [6.45, 7) is 3.87. The molecule has 80 valence electrons. The molecule has 5 heteroatoms. The molecule has 3 heterocycles. The highest BCUT2D eigenvalue weighted by Crippen LogP contribution is 2.26. The van der Waals surface area contributed by atoms with Crippen molar-refractivity contribution in [3.05, 3.63) is 18.0 Å². The van der Waals surface area contributed by atoms with E-state index in [1.54, 1.807) is 12.3 Å². The highest BCUT2D eigenvalue weighted by atomic mass is 16.2. The minimum Gasteiger partial charge on any atom is -0.337 e. The second kappa shape index (κ2) is 3.34. The molecule has 2 N–H and O–H groups in total. The highest BCUT2D eigenvalue weighted by Gasteiger charge is 2.38. The van der Waals surface area contributed by atoms with E-state index in [0.29, 0.717) is 17.5 Å². The lowest BCUT2D eigenvalue weighted by Crippen LogP contribution is -2.32. The van der Waals surface area contributed by atoms with Crippen molar-refractivity contribution in [1.82, 2.24) is 20.4 Å². The van der Waals surface area contributed by atoms with Gasteiger partial charge in [0, 0.05) is 32.4 Å². The van der Waals surface area contributed by atoms with Crippen LogP contribution in [0, 0.1) is 11.8 Å². The van der Waals surface area contributed by atoms with Crippen LogP contribution in [-0.4, -0.2) is 47.2 Å². The van der Waals surface area contributed by atoms with Gasteiger partial charge in [0.15, 0.2) is 0 Å². The number of rotatable bonds is 1. The van der Waals surface area contributed by atoms with Crippen LogP contribution in [-0.2, 0) is 0 Å². The van der Waals surface area contributed by atoms with Gasteiger partial charge in [-0.05, 0) is 17.9 Å². The molecule has 2 aliphatic rings. The maximum absolute atomic E-state index is 12.0. The van der Waals surface area contributed by atoms with E-state index in [4.69, 9.17) is 0 Å². The first-order valence-corrected chi connectivity index (χ1v) is 5.34. The van der Waals surface area contributed by atoms with E-state index in [0.717, 1.165) is 26.2 Å². The van der Waals surface area contributed by atoms with Crippen LogP contribution in [0.4, 0.5) is 0 Å². The molecule has 0 aliphatic carbocycles. The van der Waals surface area contributed by atoms with E-state index in [2.05, 4.69) is 15.5 Å². The zero-order valence-corrected chi connectivity index (χ0v) is 8.44. The number of fused-ring (bicyclic) bond motifs is 1. The summed E-state index contributed by atoms with van der Waals surface area (Å²) >= 11 is 0. The van der Waals surface area contributed by atoms with E-state index in [1.807, 2.05) is 4.90 Å². The fourth-order valence-electron chi connectivity index (χ4n) is 2.57. The second-order valence-electron chi connectivity index (χ2n) is 4.36. The first kappa shape index (κ1) is 8.91. The number of hydrogen-bond donors (Lipinski definition) is 2. The smallest absolute Gasteiger partial charge is 0.271 e. The molecule has 0 radical (unpaired) electrons. The van der Waals surface area contributed by atoms with Gasteiger partial charge in [-0.25, -0.2) is 0 Å². The van der Waals surface area contributed by atoms with Crippen LogP contribution in [0.5, 0.6) is 0 Å². The molecule has 2 aliphatic heterocycles. The fourth-order valence-corrected chi connectivity index (χ4v) is 2.57. The maximum atomic E-state index is 12.0. The van der Waals surface area contributed by atoms with Gasteiger partial charge in [-0.1, -0.05) is 0 Å². The van der Waals surface area contributed by atoms with Crippen molar-refractivity contribution in [2.45, 2.75) is 0 Å². The van der Waals surface area contributed by atoms with Gasteiger partial charge in [-0.3, -0.25) is 9.89 Å². The van der Waals surface area contributed by atoms with Crippen molar-refractivity contribution in [1.29, 1.82) is 0 Å². The van der Waals surface area contributed by atoms with Gasteiger partial charge in [-0.15, -0.1) is 0 Å². The Kier molecular flexibility index (Phi) is 1.98. The molecule has 0 spiro atoms. The molecule has 0 bridgehead atoms. The van der Waals surface area contributed by atoms with E-state index < -0.39 is 0 Å². The summed E-state index contributed by atoms with van der Waals surface area (Å²) in [6, 6.07) is 1.73. The summed E-state index contributed by atoms with van der Waals surface area (Å²) in [5.41, 5.74) is 0.600. The summed E-state index contributed by atoms with van der Waals surface area (Å²) in [5, 5.41) is 9.89. The molecule has 0 aromatic carbocycles. The molecule has 2 fully saturated rings. The number of carbonyl (C=O) groups excluding carboxylic acids is 1. The Morgan fingerprint density at radius 2 is 2.13 bits per heavy atom. The molecule has 0 saturated carbocycles. The van der Waals surface area contributed by atoms with E-state index in [9.17, 15) is 4.79 Å². The lowest BCUT2D eigenvalue weighted by molar-refractivity contribution is 0.0776. The normalized spacial score (nSPS) is 29.5. The second-order valence-corrected chi connectivity index (χ2v) is 4.36. The molecule has 1 amide bonds. The third-order valence-electron chi connectivity index (χ3n) is 3.41. The van der Waals surface area contributed by atoms with Gasteiger partial charge in [0.25, 0.3) is 5.91 Å². The Bertz CT molecular complexity index is 350. The summed E-state index contributed by atoms with van der Waals surface area (Å²) in [6.07, 6.45) is 1.62. The third-order valence-corrected chi connectivity index (χ3v) is 3.41. The lowest BCUT2D eigenvalue weighted by Gasteiger charge is -2.16. The van der Waals surface area contributed by atoms with Gasteiger partial charge in [0.1, 0.15) is 5.69 Å². The number of aromatic nitrogens is 2. The quantitative estimate of drug-likeness (QED) is 0.663. The maximum Gasteiger partial charge on any atom is 0.271 e. The summed E-state index contributed by atoms with van der Waals surface area (Å²) in [4.78, 5) is 13.9. The van der Waals surface area contributed by atoms with Crippen LogP contribution in [0.25, 0.3) is 0 Å². The molecule has 1 aromatic rings. The average molecular weight is 206 g/mol. The predicted molar refractivity (Wildman–Crippen MR) is 54.3 cm³/mol. The third kappa shape index (κ3) is 1.43. The van der Waals surface area contributed by atoms with Gasteiger partial charge in [0.05, 0.1) is 0 Å². The Morgan fingerprint density at radius 3 is 2.73 bits per heavy atom. The molecule has 5 nitrogen and oxygen atoms in total. The summed E-state index contributed by atoms with van der Waals surface area (Å²) < 4.78 is 0. The van der Waals surface area contributed by atoms with Crippen molar-refractivity contribution in [2.75, 3.05) is 26.2 Å². The monoisotopic (exact) mass is 206 g/mol. The van der Waals surface area contributed by atoms with Gasteiger partial charge in [0.2, 0.25) is 0 Å². The minimum atomic E-state index is 0.0851. The average Bonchev–Trinajstić information content (AvgIpc) is 2.92. The van der Waals surface area contributed by atoms with Crippen molar-refractivity contribution in [2.24, 2.45) is 11.8 Å². The zero-order valence-electron chi connectivity index (χ0n) is 8.44. The number of likely N-dealkylation sites (tertiary alicyclic amines) is 1. The largest absolute Gasteiger partial charge is 0.337 e. The van der Waals surface area contributed by atoms with Gasteiger partial charge < -0.3 is 10.2 Å². The van der Waals surface area contributed by atoms with Gasteiger partial charge in [-0.2, -0.15) is 5.10 Å². The number of carbonyl (C=O) groups is 1. The van der Waals surface area contributed by atoms with Crippen molar-refractivity contribution >= 4 is 5.91 Å². The van der Waals surface area contributed by atoms with Crippen LogP contribution in [0.2, 0.25) is 0 Å². The number of amides is 1. The summed E-state index contributed by atoms with van der Waals surface area (Å²) in [5.74, 6) is 1.38. The topological polar surface area (TPSA) is 61.0 Å². The Hall–Kier alpha value is -1.36. The number of nitrogens with one attached hydrogen (secondary N) is 2. The van der Waals surface area contributed by atoms with E-state index >= 15 is 0 Å². The first-order valence-electron chi connectivity index (χ1n) is 5.34. The van der Waals surface area contributed by atoms with E-state index in [1.165, 1.54) is 0 Å². The minimum absolute atomic E-state index is 0.0851. The highest BCUT2D eigenvalue weighted by molar-refractivity contribution is 5.92. The summed E-state index contributed by atoms with van der Waals surface area (Å²) in [7, 11) is 0. The van der Waals surface area contributed by atoms with E-state index in [-0.39, 0.29) is 5.91 Å². The van der Waals surface area contributed by atoms with Crippen molar-refractivity contribution in [3.63, 3.8) is 0 Å². The zero-order chi connectivity index (χ0) is 10.3. The van der Waals surface area contributed by atoms with Crippen LogP contribution < -0.4 is 5.32 Å². The standard InChI is InChI=1S/C10H14N4O/c15-10(9-1-2-12-13-9)14-5-7-3-11-4-8(7)6-14/h1-2,7-8,11H,3-6H2,(H,12,13)/t7-,8+. The fraction of sp³-hybridized carbons (Fsp3) is 0.600. The number of aromatic amines is 1. The van der Waals surface area contributed by atoms with Crippen LogP contribution in [0.15, 0.2) is 12.3 Å². The van der Waals surface area contributed by atoms with Crippen LogP contribution >= 0.6 is 0 Å². The number of H-pyrrole nitrogens is 1. The molecule has 2 saturated heterocycles.